The Balaban J connectivity index is 1.19. The fourth-order valence-electron chi connectivity index (χ4n) is 7.74. The van der Waals surface area contributed by atoms with Crippen LogP contribution in [0.5, 0.6) is 0 Å². The molecule has 0 saturated carbocycles. The van der Waals surface area contributed by atoms with E-state index in [4.69, 9.17) is 4.99 Å². The summed E-state index contributed by atoms with van der Waals surface area (Å²) in [6.07, 6.45) is 11.4. The molecule has 7 rings (SSSR count). The molecule has 262 valence electrons. The average molecular weight is 688 g/mol. The Bertz CT molecular complexity index is 2370. The van der Waals surface area contributed by atoms with Crippen LogP contribution in [0.1, 0.15) is 76.1 Å². The molecule has 0 amide bonds. The molecule has 0 atom stereocenters. The molecular weight excluding hydrogens is 639 g/mol. The first-order chi connectivity index (χ1) is 25.6. The Kier molecular flexibility index (Phi) is 10.1. The van der Waals surface area contributed by atoms with Crippen molar-refractivity contribution in [2.45, 2.75) is 59.3 Å². The Labute approximate surface area is 316 Å². The minimum absolute atomic E-state index is 0.0118. The van der Waals surface area contributed by atoms with Crippen LogP contribution in [-0.2, 0) is 5.41 Å². The lowest BCUT2D eigenvalue weighted by atomic mass is 9.82. The third-order valence-electron chi connectivity index (χ3n) is 11.1. The maximum absolute atomic E-state index is 5.41. The summed E-state index contributed by atoms with van der Waals surface area (Å²) in [5.74, 6) is 0. The van der Waals surface area contributed by atoms with Crippen molar-refractivity contribution in [2.24, 2.45) is 4.99 Å². The average Bonchev–Trinajstić information content (AvgIpc) is 3.29. The zero-order valence-electron chi connectivity index (χ0n) is 31.8. The molecule has 0 unspecified atom stereocenters. The van der Waals surface area contributed by atoms with E-state index in [-0.39, 0.29) is 5.41 Å². The molecule has 2 aliphatic rings. The molecule has 1 nitrogen and oxygen atoms in total. The first-order valence-corrected chi connectivity index (χ1v) is 18.8. The summed E-state index contributed by atoms with van der Waals surface area (Å²) in [6, 6.07) is 43.9. The second-order valence-corrected chi connectivity index (χ2v) is 15.1. The van der Waals surface area contributed by atoms with Crippen LogP contribution in [0.2, 0.25) is 0 Å². The topological polar surface area (TPSA) is 12.4 Å². The van der Waals surface area contributed by atoms with Crippen molar-refractivity contribution in [1.29, 1.82) is 0 Å². The van der Waals surface area contributed by atoms with Gasteiger partial charge in [-0.3, -0.25) is 0 Å². The molecular formula is C52H49N. The van der Waals surface area contributed by atoms with Gasteiger partial charge >= 0.3 is 0 Å². The van der Waals surface area contributed by atoms with Crippen LogP contribution in [0.3, 0.4) is 0 Å². The van der Waals surface area contributed by atoms with Crippen molar-refractivity contribution in [3.05, 3.63) is 209 Å². The van der Waals surface area contributed by atoms with Crippen LogP contribution in [0.15, 0.2) is 192 Å². The van der Waals surface area contributed by atoms with Gasteiger partial charge in [0.05, 0.1) is 11.4 Å². The SMILES string of the molecule is C=CC(=N/C(C1=CC=C(C)CC=C1C)=C(\C)CCC(=C)c1ccccc1)c1cccc(-c2ccc(-c3ccc4c(c3)-c3ccccc3C4(C)C)cc2)c1. The van der Waals surface area contributed by atoms with Gasteiger partial charge in [-0.1, -0.05) is 160 Å². The molecule has 0 bridgehead atoms. The highest BCUT2D eigenvalue weighted by molar-refractivity contribution is 6.09. The van der Waals surface area contributed by atoms with Crippen molar-refractivity contribution >= 4 is 11.3 Å². The highest BCUT2D eigenvalue weighted by Crippen LogP contribution is 2.49. The van der Waals surface area contributed by atoms with Gasteiger partial charge in [-0.15, -0.1) is 0 Å². The van der Waals surface area contributed by atoms with Crippen molar-refractivity contribution in [2.75, 3.05) is 0 Å². The van der Waals surface area contributed by atoms with Crippen LogP contribution in [-0.4, -0.2) is 5.71 Å². The van der Waals surface area contributed by atoms with Crippen LogP contribution >= 0.6 is 0 Å². The molecule has 0 aliphatic heterocycles. The molecule has 53 heavy (non-hydrogen) atoms. The molecule has 1 heteroatoms. The number of nitrogens with zero attached hydrogens (tertiary/aromatic N) is 1. The van der Waals surface area contributed by atoms with E-state index in [1.165, 1.54) is 61.2 Å². The normalized spacial score (nSPS) is 15.3. The molecule has 5 aromatic rings. The van der Waals surface area contributed by atoms with Gasteiger partial charge in [-0.25, -0.2) is 4.99 Å². The number of aliphatic imine (C=N–C) groups is 1. The Morgan fingerprint density at radius 3 is 2.06 bits per heavy atom. The minimum Gasteiger partial charge on any atom is -0.248 e. The van der Waals surface area contributed by atoms with E-state index in [9.17, 15) is 0 Å². The number of fused-ring (bicyclic) bond motifs is 3. The summed E-state index contributed by atoms with van der Waals surface area (Å²) in [5.41, 5.74) is 20.5. The van der Waals surface area contributed by atoms with E-state index < -0.39 is 0 Å². The fourth-order valence-corrected chi connectivity index (χ4v) is 7.74. The number of allylic oxidation sites excluding steroid dienone is 8. The summed E-state index contributed by atoms with van der Waals surface area (Å²) in [7, 11) is 0. The zero-order valence-corrected chi connectivity index (χ0v) is 31.8. The van der Waals surface area contributed by atoms with Gasteiger partial charge in [0.25, 0.3) is 0 Å². The first-order valence-electron chi connectivity index (χ1n) is 18.8. The third-order valence-corrected chi connectivity index (χ3v) is 11.1. The van der Waals surface area contributed by atoms with E-state index in [2.05, 4.69) is 181 Å². The number of hydrogen-bond donors (Lipinski definition) is 0. The summed E-state index contributed by atoms with van der Waals surface area (Å²) in [5, 5.41) is 0. The molecule has 2 aliphatic carbocycles. The predicted molar refractivity (Wildman–Crippen MR) is 229 cm³/mol. The largest absolute Gasteiger partial charge is 0.248 e. The molecule has 0 radical (unpaired) electrons. The molecule has 0 saturated heterocycles. The van der Waals surface area contributed by atoms with Crippen LogP contribution in [0.25, 0.3) is 39.0 Å². The van der Waals surface area contributed by atoms with Gasteiger partial charge in [0.2, 0.25) is 0 Å². The molecule has 0 spiro atoms. The summed E-state index contributed by atoms with van der Waals surface area (Å²) in [6.45, 7) is 19.9. The maximum atomic E-state index is 5.41. The van der Waals surface area contributed by atoms with Gasteiger partial charge in [0, 0.05) is 16.6 Å². The molecule has 0 heterocycles. The molecule has 0 fully saturated rings. The van der Waals surface area contributed by atoms with Gasteiger partial charge < -0.3 is 0 Å². The monoisotopic (exact) mass is 687 g/mol. The second kappa shape index (κ2) is 15.1. The quantitative estimate of drug-likeness (QED) is 0.130. The van der Waals surface area contributed by atoms with Crippen molar-refractivity contribution < 1.29 is 0 Å². The molecule has 0 N–H and O–H groups in total. The summed E-state index contributed by atoms with van der Waals surface area (Å²) < 4.78 is 0. The number of hydrogen-bond acceptors (Lipinski definition) is 1. The van der Waals surface area contributed by atoms with Crippen molar-refractivity contribution in [3.63, 3.8) is 0 Å². The first kappa shape index (κ1) is 35.6. The zero-order chi connectivity index (χ0) is 37.1. The molecule has 0 aromatic heterocycles. The van der Waals surface area contributed by atoms with Crippen molar-refractivity contribution in [3.8, 4) is 33.4 Å². The fraction of sp³-hybridized carbons (Fsp3) is 0.173. The maximum Gasteiger partial charge on any atom is 0.0703 e. The Morgan fingerprint density at radius 1 is 0.679 bits per heavy atom. The Hall–Kier alpha value is -5.79. The highest BCUT2D eigenvalue weighted by atomic mass is 14.8. The Morgan fingerprint density at radius 2 is 1.32 bits per heavy atom. The van der Waals surface area contributed by atoms with Gasteiger partial charge in [-0.05, 0) is 125 Å². The van der Waals surface area contributed by atoms with E-state index in [1.807, 2.05) is 12.1 Å². The van der Waals surface area contributed by atoms with Gasteiger partial charge in [-0.2, -0.15) is 0 Å². The standard InChI is InChI=1S/C52H49N/c1-8-50(53-51(45-31-22-35(2)21-23-37(45)4)38(5)25-24-36(3)39-15-10-9-11-16-39)44-18-14-17-42(33-44)40-26-28-41(29-27-40)43-30-32-49-47(34-43)46-19-12-13-20-48(46)52(49,6)7/h8-20,22-23,26-34H,1,3,21,24-25H2,2,4-7H3/b51-38+,53-50?. The van der Waals surface area contributed by atoms with Crippen LogP contribution < -0.4 is 0 Å². The third kappa shape index (κ3) is 7.30. The van der Waals surface area contributed by atoms with Crippen molar-refractivity contribution in [1.82, 2.24) is 0 Å². The number of benzene rings is 5. The summed E-state index contributed by atoms with van der Waals surface area (Å²) in [4.78, 5) is 5.41. The highest BCUT2D eigenvalue weighted by Gasteiger charge is 2.35. The minimum atomic E-state index is 0.0118. The van der Waals surface area contributed by atoms with Crippen LogP contribution in [0.4, 0.5) is 0 Å². The van der Waals surface area contributed by atoms with Crippen LogP contribution in [0, 0.1) is 0 Å². The predicted octanol–water partition coefficient (Wildman–Crippen LogP) is 14.3. The summed E-state index contributed by atoms with van der Waals surface area (Å²) >= 11 is 0. The lowest BCUT2D eigenvalue weighted by Gasteiger charge is -2.21. The van der Waals surface area contributed by atoms with Gasteiger partial charge in [0.15, 0.2) is 0 Å². The molecule has 5 aromatic carbocycles. The number of rotatable bonds is 10. The van der Waals surface area contributed by atoms with E-state index in [0.717, 1.165) is 52.9 Å². The van der Waals surface area contributed by atoms with E-state index >= 15 is 0 Å². The lowest BCUT2D eigenvalue weighted by molar-refractivity contribution is 0.660. The van der Waals surface area contributed by atoms with E-state index in [1.54, 1.807) is 0 Å². The lowest BCUT2D eigenvalue weighted by Crippen LogP contribution is -2.14. The second-order valence-electron chi connectivity index (χ2n) is 15.1. The van der Waals surface area contributed by atoms with E-state index in [0.29, 0.717) is 0 Å². The van der Waals surface area contributed by atoms with Gasteiger partial charge in [0.1, 0.15) is 0 Å². The smallest absolute Gasteiger partial charge is 0.0703 e.